The number of ether oxygens (including phenoxy) is 3. The van der Waals surface area contributed by atoms with Gasteiger partial charge in [0.05, 0.1) is 34.9 Å². The van der Waals surface area contributed by atoms with Gasteiger partial charge in [0, 0.05) is 17.3 Å². The third-order valence-electron chi connectivity index (χ3n) is 5.55. The fourth-order valence-electron chi connectivity index (χ4n) is 3.93. The molecule has 40 heavy (non-hydrogen) atoms. The van der Waals surface area contributed by atoms with E-state index in [0.717, 1.165) is 12.6 Å². The second-order valence-corrected chi connectivity index (χ2v) is 12.5. The number of rotatable bonds is 3. The fourth-order valence-corrected chi connectivity index (χ4v) is 5.05. The lowest BCUT2D eigenvalue weighted by Gasteiger charge is -2.21. The molecule has 6 bridgehead atoms. The molecule has 2 aromatic carbocycles. The number of hydrogen-bond donors (Lipinski definition) is 2. The van der Waals surface area contributed by atoms with Crippen molar-refractivity contribution in [2.75, 3.05) is 18.5 Å². The first-order chi connectivity index (χ1) is 18.9. The normalized spacial score (nSPS) is 15.3. The summed E-state index contributed by atoms with van der Waals surface area (Å²) in [5.74, 6) is 2.90. The van der Waals surface area contributed by atoms with Crippen LogP contribution in [-0.2, 0) is 20.2 Å². The topological polar surface area (TPSA) is 112 Å². The van der Waals surface area contributed by atoms with Crippen molar-refractivity contribution in [3.63, 3.8) is 0 Å². The largest absolute Gasteiger partial charge is 0.494 e. The van der Waals surface area contributed by atoms with E-state index in [1.54, 1.807) is 39.0 Å². The molecule has 1 aromatic heterocycles. The van der Waals surface area contributed by atoms with Crippen LogP contribution in [0.15, 0.2) is 42.6 Å². The molecule has 0 spiro atoms. The minimum atomic E-state index is -3.12. The third kappa shape index (κ3) is 8.28. The molecule has 2 heterocycles. The highest BCUT2D eigenvalue weighted by atomic mass is 32.2. The fraction of sp³-hybridized carbons (Fsp3) is 0.357. The first-order valence-electron chi connectivity index (χ1n) is 12.7. The molecule has 1 atom stereocenters. The summed E-state index contributed by atoms with van der Waals surface area (Å²) in [7, 11) is -3.12. The van der Waals surface area contributed by atoms with Gasteiger partial charge in [0.1, 0.15) is 17.0 Å². The molecule has 1 amide bonds. The standard InChI is InChI=1S/C28H32F2N4O5S/c1-28(2,3)39-27(35)34-40(4,36)17-18-12-20-15-21(13-18)37-10-6-5-7-11-38-24-14-19(8-9-22(24)29)25-23(30)16-31-26(32-20)33-25/h8-9,12-16H,4-7,10-11,17H2,1-3H3,(H,31,32,33)(H,34,35,36). The zero-order valence-electron chi connectivity index (χ0n) is 22.6. The van der Waals surface area contributed by atoms with Crippen molar-refractivity contribution in [3.05, 3.63) is 59.8 Å². The van der Waals surface area contributed by atoms with Crippen molar-refractivity contribution in [2.45, 2.75) is 51.4 Å². The highest BCUT2D eigenvalue weighted by Crippen LogP contribution is 2.30. The summed E-state index contributed by atoms with van der Waals surface area (Å²) in [5, 5.41) is 3.02. The Morgan fingerprint density at radius 1 is 1.10 bits per heavy atom. The molecular formula is C28H32F2N4O5S. The summed E-state index contributed by atoms with van der Waals surface area (Å²) < 4.78 is 61.3. The van der Waals surface area contributed by atoms with Gasteiger partial charge in [-0.05, 0) is 81.8 Å². The minimum Gasteiger partial charge on any atom is -0.494 e. The Kier molecular flexibility index (Phi) is 8.77. The quantitative estimate of drug-likeness (QED) is 0.380. The lowest BCUT2D eigenvalue weighted by molar-refractivity contribution is 0.0572. The molecule has 9 nitrogen and oxygen atoms in total. The number of halogens is 2. The van der Waals surface area contributed by atoms with Crippen molar-refractivity contribution < 1.29 is 32.0 Å². The van der Waals surface area contributed by atoms with Gasteiger partial charge in [-0.25, -0.2) is 32.5 Å². The number of nitrogens with zero attached hydrogens (tertiary/aromatic N) is 2. The highest BCUT2D eigenvalue weighted by Gasteiger charge is 2.20. The summed E-state index contributed by atoms with van der Waals surface area (Å²) in [6.07, 6.45) is 2.30. The molecule has 3 aromatic rings. The van der Waals surface area contributed by atoms with Gasteiger partial charge < -0.3 is 19.5 Å². The minimum absolute atomic E-state index is 0.0126. The Morgan fingerprint density at radius 3 is 2.60 bits per heavy atom. The van der Waals surface area contributed by atoms with Gasteiger partial charge in [-0.15, -0.1) is 0 Å². The molecule has 0 radical (unpaired) electrons. The Morgan fingerprint density at radius 2 is 1.85 bits per heavy atom. The predicted molar refractivity (Wildman–Crippen MR) is 150 cm³/mol. The Hall–Kier alpha value is -3.93. The zero-order chi connectivity index (χ0) is 28.9. The third-order valence-corrected chi connectivity index (χ3v) is 6.89. The number of hydrogen-bond acceptors (Lipinski definition) is 8. The van der Waals surface area contributed by atoms with Crippen LogP contribution in [-0.4, -0.2) is 45.0 Å². The van der Waals surface area contributed by atoms with Crippen LogP contribution in [0.3, 0.4) is 0 Å². The maximum Gasteiger partial charge on any atom is 0.419 e. The molecule has 12 heteroatoms. The molecular weight excluding hydrogens is 542 g/mol. The van der Waals surface area contributed by atoms with E-state index in [-0.39, 0.29) is 29.8 Å². The summed E-state index contributed by atoms with van der Waals surface area (Å²) in [5.41, 5.74) is 0.547. The van der Waals surface area contributed by atoms with E-state index in [2.05, 4.69) is 25.9 Å². The summed E-state index contributed by atoms with van der Waals surface area (Å²) in [4.78, 5) is 20.5. The van der Waals surface area contributed by atoms with E-state index < -0.39 is 33.0 Å². The molecule has 1 aliphatic rings. The molecule has 4 rings (SSSR count). The number of anilines is 2. The van der Waals surface area contributed by atoms with Crippen molar-refractivity contribution in [3.8, 4) is 22.8 Å². The Balaban J connectivity index is 1.66. The van der Waals surface area contributed by atoms with Crippen LogP contribution in [0.4, 0.5) is 25.2 Å². The van der Waals surface area contributed by atoms with Crippen LogP contribution in [0.5, 0.6) is 11.5 Å². The number of nitrogens with one attached hydrogen (secondary N) is 2. The lowest BCUT2D eigenvalue weighted by atomic mass is 10.1. The molecule has 2 N–H and O–H groups in total. The number of benzene rings is 2. The average Bonchev–Trinajstić information content (AvgIpc) is 2.83. The van der Waals surface area contributed by atoms with Crippen molar-refractivity contribution in [1.82, 2.24) is 14.7 Å². The zero-order valence-corrected chi connectivity index (χ0v) is 23.4. The average molecular weight is 575 g/mol. The molecule has 0 aliphatic carbocycles. The molecule has 0 saturated heterocycles. The summed E-state index contributed by atoms with van der Waals surface area (Å²) in [6, 6.07) is 9.12. The number of fused-ring (bicyclic) bond motifs is 7. The van der Waals surface area contributed by atoms with E-state index in [4.69, 9.17) is 14.2 Å². The van der Waals surface area contributed by atoms with Crippen molar-refractivity contribution >= 4 is 33.3 Å². The monoisotopic (exact) mass is 574 g/mol. The van der Waals surface area contributed by atoms with Gasteiger partial charge in [0.2, 0.25) is 5.95 Å². The second-order valence-electron chi connectivity index (χ2n) is 10.3. The molecule has 0 fully saturated rings. The van der Waals surface area contributed by atoms with Crippen molar-refractivity contribution in [2.24, 2.45) is 0 Å². The number of aromatic nitrogens is 2. The molecule has 214 valence electrons. The number of amides is 1. The number of carbonyl (C=O) groups is 1. The van der Waals surface area contributed by atoms with Crippen LogP contribution < -0.4 is 19.5 Å². The van der Waals surface area contributed by atoms with Crippen LogP contribution in [0.25, 0.3) is 11.3 Å². The second kappa shape index (κ2) is 12.1. The highest BCUT2D eigenvalue weighted by molar-refractivity contribution is 7.98. The van der Waals surface area contributed by atoms with E-state index in [0.29, 0.717) is 42.0 Å². The van der Waals surface area contributed by atoms with Gasteiger partial charge in [-0.3, -0.25) is 0 Å². The van der Waals surface area contributed by atoms with E-state index in [9.17, 15) is 17.8 Å². The molecule has 1 unspecified atom stereocenters. The van der Waals surface area contributed by atoms with Gasteiger partial charge in [0.15, 0.2) is 17.4 Å². The van der Waals surface area contributed by atoms with Crippen LogP contribution in [0, 0.1) is 11.6 Å². The van der Waals surface area contributed by atoms with Gasteiger partial charge in [-0.1, -0.05) is 0 Å². The summed E-state index contributed by atoms with van der Waals surface area (Å²) >= 11 is 0. The van der Waals surface area contributed by atoms with E-state index in [1.165, 1.54) is 18.2 Å². The maximum absolute atomic E-state index is 14.7. The van der Waals surface area contributed by atoms with Gasteiger partial charge in [0.25, 0.3) is 0 Å². The first-order valence-corrected chi connectivity index (χ1v) is 14.6. The van der Waals surface area contributed by atoms with Gasteiger partial charge in [-0.2, -0.15) is 0 Å². The maximum atomic E-state index is 14.7. The molecule has 0 saturated carbocycles. The van der Waals surface area contributed by atoms with Gasteiger partial charge >= 0.3 is 6.09 Å². The van der Waals surface area contributed by atoms with Crippen LogP contribution in [0.1, 0.15) is 45.6 Å². The summed E-state index contributed by atoms with van der Waals surface area (Å²) in [6.45, 7) is 5.77. The van der Waals surface area contributed by atoms with Crippen LogP contribution >= 0.6 is 0 Å². The SMILES string of the molecule is C=S(=O)(Cc1cc2cc(c1)OCCCCCOc1cc(ccc1F)-c1nc(ncc1F)N2)NC(=O)OC(C)(C)C. The van der Waals surface area contributed by atoms with E-state index in [1.807, 2.05) is 0 Å². The first kappa shape index (κ1) is 29.1. The van der Waals surface area contributed by atoms with Crippen molar-refractivity contribution in [1.29, 1.82) is 0 Å². The van der Waals surface area contributed by atoms with Crippen LogP contribution in [0.2, 0.25) is 0 Å². The lowest BCUT2D eigenvalue weighted by Crippen LogP contribution is -2.36. The Bertz CT molecular complexity index is 1490. The van der Waals surface area contributed by atoms with E-state index >= 15 is 0 Å². The smallest absolute Gasteiger partial charge is 0.419 e. The Labute approximate surface area is 232 Å². The molecule has 1 aliphatic heterocycles. The number of carbonyl (C=O) groups excluding carboxylic acids is 1. The predicted octanol–water partition coefficient (Wildman–Crippen LogP) is 5.76.